The molecule has 1 fully saturated rings. The molecule has 2 aromatic carbocycles. The van der Waals surface area contributed by atoms with Gasteiger partial charge in [0, 0.05) is 36.1 Å². The summed E-state index contributed by atoms with van der Waals surface area (Å²) in [6.07, 6.45) is 1.82. The molecule has 0 aliphatic carbocycles. The van der Waals surface area contributed by atoms with E-state index in [1.807, 2.05) is 42.6 Å². The highest BCUT2D eigenvalue weighted by Gasteiger charge is 2.42. The van der Waals surface area contributed by atoms with E-state index < -0.39 is 0 Å². The number of thiocarbonyl (C=S) groups is 1. The van der Waals surface area contributed by atoms with E-state index in [4.69, 9.17) is 38.3 Å². The summed E-state index contributed by atoms with van der Waals surface area (Å²) in [6, 6.07) is 20.3. The number of pyridine rings is 1. The predicted octanol–water partition coefficient (Wildman–Crippen LogP) is 6.96. The monoisotopic (exact) mass is 560 g/mol. The summed E-state index contributed by atoms with van der Waals surface area (Å²) in [4.78, 5) is 6.85. The smallest absolute Gasteiger partial charge is 0.174 e. The van der Waals surface area contributed by atoms with Gasteiger partial charge in [0.1, 0.15) is 12.4 Å². The van der Waals surface area contributed by atoms with Crippen LogP contribution in [0.1, 0.15) is 45.9 Å². The normalized spacial score (nSPS) is 17.0. The van der Waals surface area contributed by atoms with Gasteiger partial charge in [0.25, 0.3) is 0 Å². The molecule has 0 bridgehead atoms. The Morgan fingerprint density at radius 1 is 1.00 bits per heavy atom. The van der Waals surface area contributed by atoms with Gasteiger partial charge < -0.3 is 24.3 Å². The molecule has 6 nitrogen and oxygen atoms in total. The number of aromatic nitrogens is 2. The number of nitrogens with zero attached hydrogens (tertiary/aromatic N) is 3. The maximum atomic E-state index is 6.68. The highest BCUT2D eigenvalue weighted by molar-refractivity contribution is 7.80. The number of methoxy groups -OCH3 is 1. The minimum absolute atomic E-state index is 0.145. The average molecular weight is 561 g/mol. The van der Waals surface area contributed by atoms with Gasteiger partial charge >= 0.3 is 0 Å². The van der Waals surface area contributed by atoms with Crippen LogP contribution in [0.25, 0.3) is 5.69 Å². The van der Waals surface area contributed by atoms with Crippen molar-refractivity contribution < 1.29 is 9.47 Å². The van der Waals surface area contributed by atoms with Gasteiger partial charge in [0.05, 0.1) is 29.4 Å². The summed E-state index contributed by atoms with van der Waals surface area (Å²) in [5, 5.41) is 4.70. The van der Waals surface area contributed by atoms with Crippen molar-refractivity contribution in [1.82, 2.24) is 14.9 Å². The zero-order valence-corrected chi connectivity index (χ0v) is 24.4. The van der Waals surface area contributed by atoms with E-state index in [-0.39, 0.29) is 12.1 Å². The molecule has 1 aliphatic rings. The van der Waals surface area contributed by atoms with E-state index in [2.05, 4.69) is 66.7 Å². The Hall–Kier alpha value is -3.39. The lowest BCUT2D eigenvalue weighted by Gasteiger charge is -2.28. The molecule has 5 rings (SSSR count). The van der Waals surface area contributed by atoms with Crippen LogP contribution >= 0.6 is 23.8 Å². The van der Waals surface area contributed by atoms with Crippen molar-refractivity contribution in [2.45, 2.75) is 39.8 Å². The van der Waals surface area contributed by atoms with E-state index >= 15 is 0 Å². The number of hydrogen-bond donors (Lipinski definition) is 1. The minimum Gasteiger partial charge on any atom is -0.490 e. The number of anilines is 1. The molecule has 1 saturated heterocycles. The molecule has 4 aromatic rings. The molecule has 0 saturated carbocycles. The highest BCUT2D eigenvalue weighted by Crippen LogP contribution is 2.45. The summed E-state index contributed by atoms with van der Waals surface area (Å²) >= 11 is 12.6. The maximum absolute atomic E-state index is 6.68. The quantitative estimate of drug-likeness (QED) is 0.186. The standard InChI is InChI=1S/C31H33ClN4O2S/c1-19-9-10-20(2)27(16-19)35-21(3)17-24(22(35)4)30-29(26-8-6-7-13-33-26)34-31(39)36(30)23-11-12-28(25(32)18-23)38-15-14-37-5/h6-13,16-18,29-30H,14-15H2,1-5H3,(H,34,39)/t29-,30-/m1/s1. The van der Waals surface area contributed by atoms with E-state index in [1.165, 1.54) is 22.4 Å². The summed E-state index contributed by atoms with van der Waals surface area (Å²) in [6.45, 7) is 9.53. The van der Waals surface area contributed by atoms with E-state index in [1.54, 1.807) is 7.11 Å². The van der Waals surface area contributed by atoms with E-state index in [0.29, 0.717) is 29.1 Å². The molecule has 0 amide bonds. The Bertz CT molecular complexity index is 1500. The molecule has 2 atom stereocenters. The van der Waals surface area contributed by atoms with Crippen molar-refractivity contribution in [1.29, 1.82) is 0 Å². The molecule has 1 aliphatic heterocycles. The zero-order valence-electron chi connectivity index (χ0n) is 22.9. The van der Waals surface area contributed by atoms with Gasteiger partial charge in [-0.05, 0) is 99.1 Å². The zero-order chi connectivity index (χ0) is 27.7. The lowest BCUT2D eigenvalue weighted by molar-refractivity contribution is 0.146. The lowest BCUT2D eigenvalue weighted by atomic mass is 9.96. The second kappa shape index (κ2) is 11.4. The van der Waals surface area contributed by atoms with Crippen LogP contribution in [0.5, 0.6) is 5.75 Å². The molecule has 1 N–H and O–H groups in total. The first kappa shape index (κ1) is 27.2. The van der Waals surface area contributed by atoms with Crippen molar-refractivity contribution in [3.63, 3.8) is 0 Å². The van der Waals surface area contributed by atoms with E-state index in [0.717, 1.165) is 22.8 Å². The van der Waals surface area contributed by atoms with Crippen LogP contribution in [0, 0.1) is 27.7 Å². The van der Waals surface area contributed by atoms with Gasteiger partial charge in [0.2, 0.25) is 0 Å². The number of nitrogens with one attached hydrogen (secondary N) is 1. The molecule has 0 spiro atoms. The third-order valence-electron chi connectivity index (χ3n) is 7.23. The Balaban J connectivity index is 1.62. The van der Waals surface area contributed by atoms with Crippen LogP contribution in [0.3, 0.4) is 0 Å². The first-order valence-corrected chi connectivity index (χ1v) is 13.8. The fourth-order valence-electron chi connectivity index (χ4n) is 5.36. The number of halogens is 1. The summed E-state index contributed by atoms with van der Waals surface area (Å²) in [5.74, 6) is 0.612. The SMILES string of the molecule is COCCOc1ccc(N2C(=S)N[C@H](c3ccccn3)[C@H]2c2cc(C)n(-c3cc(C)ccc3C)c2C)cc1Cl. The molecular formula is C31H33ClN4O2S. The minimum atomic E-state index is -0.150. The Morgan fingerprint density at radius 2 is 1.82 bits per heavy atom. The van der Waals surface area contributed by atoms with Crippen molar-refractivity contribution in [2.75, 3.05) is 25.2 Å². The second-order valence-corrected chi connectivity index (χ2v) is 10.7. The van der Waals surface area contributed by atoms with Crippen molar-refractivity contribution in [2.24, 2.45) is 0 Å². The fraction of sp³-hybridized carbons (Fsp3) is 0.290. The Morgan fingerprint density at radius 3 is 2.54 bits per heavy atom. The third-order valence-corrected chi connectivity index (χ3v) is 7.84. The lowest BCUT2D eigenvalue weighted by Crippen LogP contribution is -2.29. The van der Waals surface area contributed by atoms with Crippen LogP contribution in [0.15, 0.2) is 66.9 Å². The molecule has 2 aromatic heterocycles. The number of aryl methyl sites for hydroxylation is 3. The molecular weight excluding hydrogens is 528 g/mol. The fourth-order valence-corrected chi connectivity index (χ4v) is 5.93. The van der Waals surface area contributed by atoms with Gasteiger partial charge in [-0.2, -0.15) is 0 Å². The number of hydrogen-bond acceptors (Lipinski definition) is 4. The van der Waals surface area contributed by atoms with Crippen LogP contribution in [-0.2, 0) is 4.74 Å². The van der Waals surface area contributed by atoms with E-state index in [9.17, 15) is 0 Å². The summed E-state index contributed by atoms with van der Waals surface area (Å²) in [5.41, 5.74) is 8.94. The van der Waals surface area contributed by atoms with Gasteiger partial charge in [0.15, 0.2) is 5.11 Å². The molecule has 0 radical (unpaired) electrons. The first-order valence-electron chi connectivity index (χ1n) is 13.0. The van der Waals surface area contributed by atoms with Crippen molar-refractivity contribution in [3.8, 4) is 11.4 Å². The molecule has 0 unspecified atom stereocenters. The number of benzene rings is 2. The van der Waals surface area contributed by atoms with Gasteiger partial charge in [-0.15, -0.1) is 0 Å². The van der Waals surface area contributed by atoms with Gasteiger partial charge in [-0.25, -0.2) is 0 Å². The molecule has 202 valence electrons. The summed E-state index contributed by atoms with van der Waals surface area (Å²) in [7, 11) is 1.64. The molecule has 39 heavy (non-hydrogen) atoms. The third kappa shape index (κ3) is 5.26. The van der Waals surface area contributed by atoms with Gasteiger partial charge in [-0.3, -0.25) is 4.98 Å². The van der Waals surface area contributed by atoms with Crippen LogP contribution in [0.2, 0.25) is 5.02 Å². The maximum Gasteiger partial charge on any atom is 0.174 e. The van der Waals surface area contributed by atoms with Crippen molar-refractivity contribution >= 4 is 34.6 Å². The largest absolute Gasteiger partial charge is 0.490 e. The predicted molar refractivity (Wildman–Crippen MR) is 161 cm³/mol. The van der Waals surface area contributed by atoms with Crippen molar-refractivity contribution in [3.05, 3.63) is 106 Å². The van der Waals surface area contributed by atoms with Crippen LogP contribution in [0.4, 0.5) is 5.69 Å². The Kier molecular flexibility index (Phi) is 7.93. The number of rotatable bonds is 8. The molecule has 3 heterocycles. The second-order valence-electron chi connectivity index (χ2n) is 9.90. The summed E-state index contributed by atoms with van der Waals surface area (Å²) < 4.78 is 13.2. The average Bonchev–Trinajstić information content (AvgIpc) is 3.42. The highest BCUT2D eigenvalue weighted by atomic mass is 35.5. The Labute approximate surface area is 240 Å². The topological polar surface area (TPSA) is 51.6 Å². The van der Waals surface area contributed by atoms with Crippen LogP contribution in [-0.4, -0.2) is 35.0 Å². The van der Waals surface area contributed by atoms with Crippen LogP contribution < -0.4 is 15.0 Å². The number of ether oxygens (including phenoxy) is 2. The molecule has 8 heteroatoms. The van der Waals surface area contributed by atoms with Gasteiger partial charge in [-0.1, -0.05) is 29.8 Å². The first-order chi connectivity index (χ1) is 18.8.